The SMILES string of the molecule is CCc1nncn1CCNC(=NC)NC1CCc2nc(C)nn2C1.I. The summed E-state index contributed by atoms with van der Waals surface area (Å²) in [4.78, 5) is 8.76. The lowest BCUT2D eigenvalue weighted by Gasteiger charge is -2.25. The van der Waals surface area contributed by atoms with Crippen LogP contribution in [0.4, 0.5) is 0 Å². The fourth-order valence-corrected chi connectivity index (χ4v) is 2.97. The van der Waals surface area contributed by atoms with Crippen LogP contribution < -0.4 is 10.6 Å². The number of fused-ring (bicyclic) bond motifs is 1. The first-order valence-electron chi connectivity index (χ1n) is 8.43. The van der Waals surface area contributed by atoms with E-state index in [4.69, 9.17) is 0 Å². The zero-order valence-electron chi connectivity index (χ0n) is 14.9. The van der Waals surface area contributed by atoms with Crippen LogP contribution in [0.15, 0.2) is 11.3 Å². The maximum absolute atomic E-state index is 4.44. The first-order chi connectivity index (χ1) is 11.7. The maximum Gasteiger partial charge on any atom is 0.191 e. The van der Waals surface area contributed by atoms with E-state index in [0.717, 1.165) is 62.3 Å². The Kier molecular flexibility index (Phi) is 7.14. The highest BCUT2D eigenvalue weighted by molar-refractivity contribution is 14.0. The van der Waals surface area contributed by atoms with Crippen LogP contribution >= 0.6 is 24.0 Å². The number of nitrogens with one attached hydrogen (secondary N) is 2. The Hall–Kier alpha value is -1.72. The Bertz CT molecular complexity index is 706. The number of halogens is 1. The van der Waals surface area contributed by atoms with Gasteiger partial charge in [0.25, 0.3) is 0 Å². The van der Waals surface area contributed by atoms with Crippen molar-refractivity contribution < 1.29 is 0 Å². The summed E-state index contributed by atoms with van der Waals surface area (Å²) in [6.07, 6.45) is 4.63. The molecule has 9 nitrogen and oxygen atoms in total. The van der Waals surface area contributed by atoms with Crippen LogP contribution in [-0.2, 0) is 25.9 Å². The fraction of sp³-hybridized carbons (Fsp3) is 0.667. The molecule has 1 unspecified atom stereocenters. The van der Waals surface area contributed by atoms with Gasteiger partial charge in [0.15, 0.2) is 5.96 Å². The Morgan fingerprint density at radius 3 is 3.04 bits per heavy atom. The van der Waals surface area contributed by atoms with Crippen molar-refractivity contribution in [2.75, 3.05) is 13.6 Å². The minimum atomic E-state index is 0. The van der Waals surface area contributed by atoms with E-state index in [1.807, 2.05) is 11.6 Å². The highest BCUT2D eigenvalue weighted by atomic mass is 127. The summed E-state index contributed by atoms with van der Waals surface area (Å²) < 4.78 is 4.06. The summed E-state index contributed by atoms with van der Waals surface area (Å²) in [5.41, 5.74) is 0. The zero-order chi connectivity index (χ0) is 16.9. The van der Waals surface area contributed by atoms with E-state index in [9.17, 15) is 0 Å². The summed E-state index contributed by atoms with van der Waals surface area (Å²) in [5.74, 6) is 3.73. The van der Waals surface area contributed by atoms with Crippen LogP contribution in [0, 0.1) is 6.92 Å². The second-order valence-electron chi connectivity index (χ2n) is 5.93. The number of aryl methyl sites for hydroxylation is 3. The largest absolute Gasteiger partial charge is 0.355 e. The van der Waals surface area contributed by atoms with Crippen molar-refractivity contribution in [1.29, 1.82) is 0 Å². The molecule has 2 aromatic rings. The molecule has 2 N–H and O–H groups in total. The average molecular weight is 459 g/mol. The van der Waals surface area contributed by atoms with E-state index >= 15 is 0 Å². The molecule has 1 aliphatic rings. The molecule has 10 heteroatoms. The van der Waals surface area contributed by atoms with Gasteiger partial charge in [0.05, 0.1) is 6.54 Å². The second-order valence-corrected chi connectivity index (χ2v) is 5.93. The van der Waals surface area contributed by atoms with Crippen molar-refractivity contribution in [2.45, 2.75) is 52.2 Å². The molecule has 0 bridgehead atoms. The molecule has 0 spiro atoms. The Morgan fingerprint density at radius 2 is 2.28 bits per heavy atom. The highest BCUT2D eigenvalue weighted by Crippen LogP contribution is 2.12. The number of aromatic nitrogens is 6. The van der Waals surface area contributed by atoms with Gasteiger partial charge in [0.1, 0.15) is 23.8 Å². The lowest BCUT2D eigenvalue weighted by Crippen LogP contribution is -2.47. The van der Waals surface area contributed by atoms with E-state index in [2.05, 4.69) is 47.4 Å². The van der Waals surface area contributed by atoms with Gasteiger partial charge >= 0.3 is 0 Å². The van der Waals surface area contributed by atoms with E-state index < -0.39 is 0 Å². The highest BCUT2D eigenvalue weighted by Gasteiger charge is 2.21. The third-order valence-corrected chi connectivity index (χ3v) is 4.19. The van der Waals surface area contributed by atoms with Gasteiger partial charge in [-0.1, -0.05) is 6.92 Å². The predicted molar refractivity (Wildman–Crippen MR) is 106 cm³/mol. The second kappa shape index (κ2) is 9.11. The summed E-state index contributed by atoms with van der Waals surface area (Å²) in [5, 5.41) is 19.3. The van der Waals surface area contributed by atoms with Crippen molar-refractivity contribution in [3.63, 3.8) is 0 Å². The van der Waals surface area contributed by atoms with Crippen molar-refractivity contribution in [2.24, 2.45) is 4.99 Å². The average Bonchev–Trinajstić information content (AvgIpc) is 3.18. The molecule has 0 saturated heterocycles. The lowest BCUT2D eigenvalue weighted by atomic mass is 10.1. The standard InChI is InChI=1S/C15H25N9.HI/c1-4-13-21-18-10-23(13)8-7-17-15(16-3)20-12-5-6-14-19-11(2)22-24(14)9-12;/h10,12H,4-9H2,1-3H3,(H2,16,17,20);1H. The van der Waals surface area contributed by atoms with Gasteiger partial charge in [-0.15, -0.1) is 34.2 Å². The molecular formula is C15H26IN9. The third kappa shape index (κ3) is 4.89. The number of hydrogen-bond acceptors (Lipinski definition) is 5. The molecule has 0 saturated carbocycles. The number of aliphatic imine (C=N–C) groups is 1. The molecule has 0 aliphatic carbocycles. The van der Waals surface area contributed by atoms with E-state index in [-0.39, 0.29) is 24.0 Å². The van der Waals surface area contributed by atoms with Crippen LogP contribution in [0.2, 0.25) is 0 Å². The normalized spacial score (nSPS) is 16.9. The molecule has 138 valence electrons. The van der Waals surface area contributed by atoms with Gasteiger partial charge in [-0.05, 0) is 13.3 Å². The van der Waals surface area contributed by atoms with Gasteiger partial charge in [-0.25, -0.2) is 9.67 Å². The molecule has 1 aliphatic heterocycles. The van der Waals surface area contributed by atoms with Crippen molar-refractivity contribution in [3.8, 4) is 0 Å². The van der Waals surface area contributed by atoms with E-state index in [1.54, 1.807) is 13.4 Å². The summed E-state index contributed by atoms with van der Waals surface area (Å²) >= 11 is 0. The molecule has 2 aromatic heterocycles. The maximum atomic E-state index is 4.44. The summed E-state index contributed by atoms with van der Waals surface area (Å²) in [6, 6.07) is 0.311. The van der Waals surface area contributed by atoms with Crippen molar-refractivity contribution in [3.05, 3.63) is 23.8 Å². The number of guanidine groups is 1. The van der Waals surface area contributed by atoms with Gasteiger partial charge < -0.3 is 15.2 Å². The summed E-state index contributed by atoms with van der Waals surface area (Å²) in [7, 11) is 1.79. The van der Waals surface area contributed by atoms with Gasteiger partial charge in [-0.2, -0.15) is 5.10 Å². The van der Waals surface area contributed by atoms with Gasteiger partial charge in [-0.3, -0.25) is 4.99 Å². The molecular weight excluding hydrogens is 433 g/mol. The van der Waals surface area contributed by atoms with Gasteiger partial charge in [0.2, 0.25) is 0 Å². The minimum Gasteiger partial charge on any atom is -0.355 e. The molecule has 25 heavy (non-hydrogen) atoms. The molecule has 0 aromatic carbocycles. The van der Waals surface area contributed by atoms with Gasteiger partial charge in [0, 0.05) is 39.0 Å². The minimum absolute atomic E-state index is 0. The zero-order valence-corrected chi connectivity index (χ0v) is 17.3. The molecule has 1 atom stereocenters. The quantitative estimate of drug-likeness (QED) is 0.385. The Balaban J connectivity index is 0.00000225. The summed E-state index contributed by atoms with van der Waals surface area (Å²) in [6.45, 7) is 6.42. The number of hydrogen-bond donors (Lipinski definition) is 2. The first kappa shape index (κ1) is 19.6. The molecule has 0 amide bonds. The van der Waals surface area contributed by atoms with E-state index in [1.165, 1.54) is 0 Å². The van der Waals surface area contributed by atoms with Crippen LogP contribution in [-0.4, -0.2) is 55.1 Å². The van der Waals surface area contributed by atoms with Crippen LogP contribution in [0.1, 0.15) is 30.8 Å². The fourth-order valence-electron chi connectivity index (χ4n) is 2.97. The lowest BCUT2D eigenvalue weighted by molar-refractivity contribution is 0.392. The smallest absolute Gasteiger partial charge is 0.191 e. The number of nitrogens with zero attached hydrogens (tertiary/aromatic N) is 7. The van der Waals surface area contributed by atoms with E-state index in [0.29, 0.717) is 6.04 Å². The topological polar surface area (TPSA) is 97.8 Å². The first-order valence-corrected chi connectivity index (χ1v) is 8.43. The predicted octanol–water partition coefficient (Wildman–Crippen LogP) is 0.538. The number of rotatable bonds is 5. The monoisotopic (exact) mass is 459 g/mol. The molecule has 3 heterocycles. The van der Waals surface area contributed by atoms with Crippen LogP contribution in [0.3, 0.4) is 0 Å². The van der Waals surface area contributed by atoms with Crippen molar-refractivity contribution in [1.82, 2.24) is 40.2 Å². The molecule has 0 radical (unpaired) electrons. The van der Waals surface area contributed by atoms with Crippen molar-refractivity contribution >= 4 is 29.9 Å². The van der Waals surface area contributed by atoms with Crippen LogP contribution in [0.5, 0.6) is 0 Å². The van der Waals surface area contributed by atoms with Crippen LogP contribution in [0.25, 0.3) is 0 Å². The third-order valence-electron chi connectivity index (χ3n) is 4.19. The molecule has 0 fully saturated rings. The molecule has 3 rings (SSSR count). The Labute approximate surface area is 164 Å². The Morgan fingerprint density at radius 1 is 1.44 bits per heavy atom.